The Balaban J connectivity index is 3.10. The maximum absolute atomic E-state index is 13.2. The van der Waals surface area contributed by atoms with Crippen LogP contribution in [0.25, 0.3) is 0 Å². The first-order chi connectivity index (χ1) is 6.54. The van der Waals surface area contributed by atoms with Gasteiger partial charge < -0.3 is 9.84 Å². The molecule has 1 aromatic rings. The van der Waals surface area contributed by atoms with Gasteiger partial charge in [0.1, 0.15) is 11.6 Å². The molecule has 14 heavy (non-hydrogen) atoms. The molecule has 0 aromatic heterocycles. The summed E-state index contributed by atoms with van der Waals surface area (Å²) in [6, 6.07) is 2.27. The zero-order valence-corrected chi connectivity index (χ0v) is 8.00. The number of ketones is 1. The summed E-state index contributed by atoms with van der Waals surface area (Å²) in [6.07, 6.45) is 0.00245. The Hall–Kier alpha value is -1.58. The lowest BCUT2D eigenvalue weighted by Gasteiger charge is -2.06. The topological polar surface area (TPSA) is 46.5 Å². The fourth-order valence-corrected chi connectivity index (χ4v) is 1.15. The number of Topliss-reactive ketones (excluding diaryl/α,β-unsaturated/α-hetero) is 1. The molecule has 76 valence electrons. The van der Waals surface area contributed by atoms with Gasteiger partial charge in [0.25, 0.3) is 0 Å². The van der Waals surface area contributed by atoms with Gasteiger partial charge in [0.05, 0.1) is 7.11 Å². The van der Waals surface area contributed by atoms with E-state index >= 15 is 0 Å². The second kappa shape index (κ2) is 4.09. The molecule has 0 bridgehead atoms. The van der Waals surface area contributed by atoms with Crippen molar-refractivity contribution in [3.05, 3.63) is 23.5 Å². The van der Waals surface area contributed by atoms with Crippen molar-refractivity contribution in [3.63, 3.8) is 0 Å². The number of aromatic hydroxyl groups is 1. The van der Waals surface area contributed by atoms with Crippen molar-refractivity contribution in [2.24, 2.45) is 0 Å². The lowest BCUT2D eigenvalue weighted by Crippen LogP contribution is -2.00. The Morgan fingerprint density at radius 1 is 1.57 bits per heavy atom. The second-order valence-electron chi connectivity index (χ2n) is 2.99. The van der Waals surface area contributed by atoms with Gasteiger partial charge in [0.2, 0.25) is 0 Å². The third kappa shape index (κ3) is 2.22. The number of ether oxygens (including phenoxy) is 1. The molecule has 0 fully saturated rings. The van der Waals surface area contributed by atoms with Gasteiger partial charge in [-0.3, -0.25) is 4.79 Å². The molecule has 0 aliphatic rings. The maximum atomic E-state index is 13.2. The van der Waals surface area contributed by atoms with Crippen LogP contribution in [0.1, 0.15) is 12.5 Å². The molecule has 0 radical (unpaired) electrons. The maximum Gasteiger partial charge on any atom is 0.160 e. The van der Waals surface area contributed by atoms with E-state index in [0.29, 0.717) is 0 Å². The highest BCUT2D eigenvalue weighted by molar-refractivity contribution is 5.78. The molecular formula is C10H11FO3. The summed E-state index contributed by atoms with van der Waals surface area (Å²) in [7, 11) is 1.37. The van der Waals surface area contributed by atoms with E-state index < -0.39 is 5.82 Å². The molecule has 0 heterocycles. The average molecular weight is 198 g/mol. The van der Waals surface area contributed by atoms with E-state index in [-0.39, 0.29) is 29.3 Å². The van der Waals surface area contributed by atoms with Gasteiger partial charge >= 0.3 is 0 Å². The fourth-order valence-electron chi connectivity index (χ4n) is 1.15. The number of phenolic OH excluding ortho intramolecular Hbond substituents is 1. The van der Waals surface area contributed by atoms with Crippen LogP contribution in [0.2, 0.25) is 0 Å². The first kappa shape index (κ1) is 10.5. The second-order valence-corrected chi connectivity index (χ2v) is 2.99. The van der Waals surface area contributed by atoms with Crippen LogP contribution in [0.15, 0.2) is 12.1 Å². The minimum Gasteiger partial charge on any atom is -0.504 e. The number of hydrogen-bond donors (Lipinski definition) is 1. The fraction of sp³-hybridized carbons (Fsp3) is 0.300. The Morgan fingerprint density at radius 3 is 2.71 bits per heavy atom. The first-order valence-corrected chi connectivity index (χ1v) is 4.09. The van der Waals surface area contributed by atoms with Crippen molar-refractivity contribution in [2.75, 3.05) is 7.11 Å². The predicted molar refractivity (Wildman–Crippen MR) is 49.0 cm³/mol. The average Bonchev–Trinajstić information content (AvgIpc) is 2.09. The molecule has 0 aliphatic carbocycles. The van der Waals surface area contributed by atoms with Gasteiger partial charge in [0, 0.05) is 12.5 Å². The summed E-state index contributed by atoms with van der Waals surface area (Å²) in [4.78, 5) is 10.8. The summed E-state index contributed by atoms with van der Waals surface area (Å²) >= 11 is 0. The van der Waals surface area contributed by atoms with E-state index in [1.165, 1.54) is 20.1 Å². The lowest BCUT2D eigenvalue weighted by atomic mass is 10.1. The molecule has 0 spiro atoms. The molecule has 1 aromatic carbocycles. The largest absolute Gasteiger partial charge is 0.504 e. The SMILES string of the molecule is COc1cc(CC(C)=O)c(F)cc1O. The molecule has 1 N–H and O–H groups in total. The Morgan fingerprint density at radius 2 is 2.21 bits per heavy atom. The van der Waals surface area contributed by atoms with Crippen molar-refractivity contribution in [1.29, 1.82) is 0 Å². The summed E-state index contributed by atoms with van der Waals surface area (Å²) in [5.74, 6) is -0.838. The summed E-state index contributed by atoms with van der Waals surface area (Å²) < 4.78 is 18.0. The smallest absolute Gasteiger partial charge is 0.160 e. The van der Waals surface area contributed by atoms with Crippen LogP contribution in [-0.2, 0) is 11.2 Å². The number of methoxy groups -OCH3 is 1. The first-order valence-electron chi connectivity index (χ1n) is 4.09. The van der Waals surface area contributed by atoms with E-state index in [9.17, 15) is 14.3 Å². The minimum atomic E-state index is -0.599. The highest BCUT2D eigenvalue weighted by Crippen LogP contribution is 2.28. The lowest BCUT2D eigenvalue weighted by molar-refractivity contribution is -0.116. The summed E-state index contributed by atoms with van der Waals surface area (Å²) in [6.45, 7) is 1.37. The Labute approximate surface area is 81.1 Å². The van der Waals surface area contributed by atoms with E-state index in [1.54, 1.807) is 0 Å². The van der Waals surface area contributed by atoms with Crippen LogP contribution in [-0.4, -0.2) is 18.0 Å². The molecule has 0 saturated carbocycles. The number of phenols is 1. The highest BCUT2D eigenvalue weighted by Gasteiger charge is 2.10. The third-order valence-electron chi connectivity index (χ3n) is 1.79. The van der Waals surface area contributed by atoms with Gasteiger partial charge in [-0.25, -0.2) is 4.39 Å². The van der Waals surface area contributed by atoms with Crippen LogP contribution in [0.4, 0.5) is 4.39 Å². The molecule has 0 atom stereocenters. The van der Waals surface area contributed by atoms with Gasteiger partial charge in [-0.2, -0.15) is 0 Å². The molecule has 3 nitrogen and oxygen atoms in total. The van der Waals surface area contributed by atoms with Crippen molar-refractivity contribution >= 4 is 5.78 Å². The Bertz CT molecular complexity index is 361. The van der Waals surface area contributed by atoms with Gasteiger partial charge in [0.15, 0.2) is 11.5 Å². The van der Waals surface area contributed by atoms with Crippen molar-refractivity contribution < 1.29 is 19.0 Å². The zero-order valence-electron chi connectivity index (χ0n) is 8.00. The predicted octanol–water partition coefficient (Wildman–Crippen LogP) is 1.67. The van der Waals surface area contributed by atoms with E-state index in [0.717, 1.165) is 6.07 Å². The molecule has 4 heteroatoms. The zero-order chi connectivity index (χ0) is 10.7. The number of rotatable bonds is 3. The monoisotopic (exact) mass is 198 g/mol. The van der Waals surface area contributed by atoms with Crippen molar-refractivity contribution in [3.8, 4) is 11.5 Å². The van der Waals surface area contributed by atoms with E-state index in [4.69, 9.17) is 4.74 Å². The third-order valence-corrected chi connectivity index (χ3v) is 1.79. The van der Waals surface area contributed by atoms with Gasteiger partial charge in [-0.1, -0.05) is 0 Å². The number of benzene rings is 1. The molecule has 0 amide bonds. The molecule has 1 rings (SSSR count). The minimum absolute atomic E-state index is 0.00245. The normalized spacial score (nSPS) is 9.93. The van der Waals surface area contributed by atoms with E-state index in [1.807, 2.05) is 0 Å². The highest BCUT2D eigenvalue weighted by atomic mass is 19.1. The quantitative estimate of drug-likeness (QED) is 0.803. The molecule has 0 aliphatic heterocycles. The van der Waals surface area contributed by atoms with Crippen LogP contribution in [0.5, 0.6) is 11.5 Å². The molecular weight excluding hydrogens is 187 g/mol. The van der Waals surface area contributed by atoms with Crippen LogP contribution < -0.4 is 4.74 Å². The number of carbonyl (C=O) groups is 1. The van der Waals surface area contributed by atoms with Crippen molar-refractivity contribution in [2.45, 2.75) is 13.3 Å². The van der Waals surface area contributed by atoms with Crippen LogP contribution in [0.3, 0.4) is 0 Å². The number of hydrogen-bond acceptors (Lipinski definition) is 3. The standard InChI is InChI=1S/C10H11FO3/c1-6(12)3-7-4-10(14-2)9(13)5-8(7)11/h4-5,13H,3H2,1-2H3. The van der Waals surface area contributed by atoms with Crippen LogP contribution >= 0.6 is 0 Å². The van der Waals surface area contributed by atoms with Gasteiger partial charge in [-0.15, -0.1) is 0 Å². The van der Waals surface area contributed by atoms with Gasteiger partial charge in [-0.05, 0) is 18.6 Å². The Kier molecular flexibility index (Phi) is 3.06. The molecule has 0 unspecified atom stereocenters. The molecule has 0 saturated heterocycles. The van der Waals surface area contributed by atoms with Crippen molar-refractivity contribution in [1.82, 2.24) is 0 Å². The number of carbonyl (C=O) groups excluding carboxylic acids is 1. The number of halogens is 1. The van der Waals surface area contributed by atoms with E-state index in [2.05, 4.69) is 0 Å². The summed E-state index contributed by atoms with van der Waals surface area (Å²) in [5.41, 5.74) is 0.229. The summed E-state index contributed by atoms with van der Waals surface area (Å²) in [5, 5.41) is 9.20. The van der Waals surface area contributed by atoms with Crippen LogP contribution in [0, 0.1) is 5.82 Å².